The van der Waals surface area contributed by atoms with E-state index >= 15 is 0 Å². The fourth-order valence-corrected chi connectivity index (χ4v) is 1.86. The predicted molar refractivity (Wildman–Crippen MR) is 66.2 cm³/mol. The first kappa shape index (κ1) is 12.7. The molecule has 0 saturated heterocycles. The molecule has 1 atom stereocenters. The van der Waals surface area contributed by atoms with E-state index < -0.39 is 0 Å². The van der Waals surface area contributed by atoms with E-state index in [0.717, 1.165) is 30.3 Å². The fraction of sp³-hybridized carbons (Fsp3) is 0.667. The number of aryl methyl sites for hydroxylation is 3. The van der Waals surface area contributed by atoms with Crippen LogP contribution in [0.25, 0.3) is 0 Å². The van der Waals surface area contributed by atoms with Crippen molar-refractivity contribution in [2.45, 2.75) is 53.0 Å². The molecular weight excluding hydrogens is 230 g/mol. The molecule has 0 aliphatic carbocycles. The molecule has 0 bridgehead atoms. The van der Waals surface area contributed by atoms with Crippen molar-refractivity contribution < 1.29 is 4.52 Å². The van der Waals surface area contributed by atoms with E-state index in [4.69, 9.17) is 4.52 Å². The SMILES string of the molecule is CCCc1noc(C(C)Cn2nc(C)nc2C)n1. The van der Waals surface area contributed by atoms with Crippen molar-refractivity contribution in [3.05, 3.63) is 23.4 Å². The molecule has 0 aromatic carbocycles. The fourth-order valence-electron chi connectivity index (χ4n) is 1.86. The Morgan fingerprint density at radius 3 is 2.67 bits per heavy atom. The Labute approximate surface area is 106 Å². The maximum atomic E-state index is 5.28. The Hall–Kier alpha value is -1.72. The third-order valence-corrected chi connectivity index (χ3v) is 2.79. The van der Waals surface area contributed by atoms with Gasteiger partial charge in [-0.25, -0.2) is 9.67 Å². The molecule has 0 fully saturated rings. The lowest BCUT2D eigenvalue weighted by molar-refractivity contribution is 0.338. The maximum Gasteiger partial charge on any atom is 0.231 e. The van der Waals surface area contributed by atoms with Crippen molar-refractivity contribution in [1.29, 1.82) is 0 Å². The highest BCUT2D eigenvalue weighted by molar-refractivity contribution is 4.95. The van der Waals surface area contributed by atoms with Gasteiger partial charge in [0.05, 0.1) is 12.5 Å². The summed E-state index contributed by atoms with van der Waals surface area (Å²) in [5.74, 6) is 3.30. The minimum Gasteiger partial charge on any atom is -0.339 e. The highest BCUT2D eigenvalue weighted by Crippen LogP contribution is 2.16. The van der Waals surface area contributed by atoms with Gasteiger partial charge in [-0.2, -0.15) is 10.1 Å². The molecule has 18 heavy (non-hydrogen) atoms. The molecule has 0 aliphatic heterocycles. The molecule has 6 nitrogen and oxygen atoms in total. The van der Waals surface area contributed by atoms with E-state index in [9.17, 15) is 0 Å². The molecule has 98 valence electrons. The molecule has 0 spiro atoms. The summed E-state index contributed by atoms with van der Waals surface area (Å²) in [6, 6.07) is 0. The van der Waals surface area contributed by atoms with Crippen LogP contribution in [0.5, 0.6) is 0 Å². The van der Waals surface area contributed by atoms with Gasteiger partial charge in [-0.3, -0.25) is 0 Å². The van der Waals surface area contributed by atoms with Crippen LogP contribution in [0.1, 0.15) is 49.6 Å². The van der Waals surface area contributed by atoms with Gasteiger partial charge < -0.3 is 4.52 Å². The summed E-state index contributed by atoms with van der Waals surface area (Å²) in [4.78, 5) is 8.67. The average Bonchev–Trinajstić information content (AvgIpc) is 2.87. The quantitative estimate of drug-likeness (QED) is 0.811. The van der Waals surface area contributed by atoms with Crippen molar-refractivity contribution in [2.75, 3.05) is 0 Å². The zero-order valence-electron chi connectivity index (χ0n) is 11.3. The predicted octanol–water partition coefficient (Wildman–Crippen LogP) is 2.03. The highest BCUT2D eigenvalue weighted by Gasteiger charge is 2.16. The molecule has 2 rings (SSSR count). The summed E-state index contributed by atoms with van der Waals surface area (Å²) in [6.07, 6.45) is 1.88. The minimum atomic E-state index is 0.142. The zero-order valence-corrected chi connectivity index (χ0v) is 11.3. The van der Waals surface area contributed by atoms with Crippen LogP contribution < -0.4 is 0 Å². The maximum absolute atomic E-state index is 5.28. The Morgan fingerprint density at radius 2 is 2.06 bits per heavy atom. The first-order valence-corrected chi connectivity index (χ1v) is 6.30. The Bertz CT molecular complexity index is 516. The largest absolute Gasteiger partial charge is 0.339 e. The Kier molecular flexibility index (Phi) is 3.74. The van der Waals surface area contributed by atoms with Gasteiger partial charge in [0.1, 0.15) is 11.6 Å². The first-order valence-electron chi connectivity index (χ1n) is 6.30. The third kappa shape index (κ3) is 2.75. The molecular formula is C12H19N5O. The second-order valence-electron chi connectivity index (χ2n) is 4.59. The third-order valence-electron chi connectivity index (χ3n) is 2.79. The second kappa shape index (κ2) is 5.29. The zero-order chi connectivity index (χ0) is 13.1. The van der Waals surface area contributed by atoms with Crippen LogP contribution in [0.4, 0.5) is 0 Å². The molecule has 1 unspecified atom stereocenters. The summed E-state index contributed by atoms with van der Waals surface area (Å²) in [5, 5.41) is 8.30. The number of hydrogen-bond donors (Lipinski definition) is 0. The van der Waals surface area contributed by atoms with E-state index in [1.807, 2.05) is 18.5 Å². The van der Waals surface area contributed by atoms with E-state index in [0.29, 0.717) is 12.4 Å². The van der Waals surface area contributed by atoms with Crippen molar-refractivity contribution in [2.24, 2.45) is 0 Å². The molecule has 6 heteroatoms. The topological polar surface area (TPSA) is 69.6 Å². The first-order chi connectivity index (χ1) is 8.60. The van der Waals surface area contributed by atoms with E-state index in [1.54, 1.807) is 0 Å². The minimum absolute atomic E-state index is 0.142. The van der Waals surface area contributed by atoms with E-state index in [2.05, 4.69) is 34.1 Å². The molecule has 0 radical (unpaired) electrons. The summed E-state index contributed by atoms with van der Waals surface area (Å²) in [6.45, 7) is 8.70. The van der Waals surface area contributed by atoms with Gasteiger partial charge in [0, 0.05) is 6.42 Å². The normalized spacial score (nSPS) is 12.9. The van der Waals surface area contributed by atoms with Crippen molar-refractivity contribution in [1.82, 2.24) is 24.9 Å². The lowest BCUT2D eigenvalue weighted by Crippen LogP contribution is -2.10. The summed E-state index contributed by atoms with van der Waals surface area (Å²) >= 11 is 0. The van der Waals surface area contributed by atoms with Gasteiger partial charge in [0.2, 0.25) is 5.89 Å². The van der Waals surface area contributed by atoms with Crippen LogP contribution in [0, 0.1) is 13.8 Å². The number of nitrogens with zero attached hydrogens (tertiary/aromatic N) is 5. The van der Waals surface area contributed by atoms with Crippen molar-refractivity contribution in [3.8, 4) is 0 Å². The number of rotatable bonds is 5. The Morgan fingerprint density at radius 1 is 1.28 bits per heavy atom. The standard InChI is InChI=1S/C12H19N5O/c1-5-6-11-14-12(18-16-11)8(2)7-17-10(4)13-9(3)15-17/h8H,5-7H2,1-4H3. The number of hydrogen-bond acceptors (Lipinski definition) is 5. The molecule has 0 N–H and O–H groups in total. The average molecular weight is 249 g/mol. The van der Waals surface area contributed by atoms with E-state index in [-0.39, 0.29) is 5.92 Å². The molecule has 0 saturated carbocycles. The summed E-state index contributed by atoms with van der Waals surface area (Å²) < 4.78 is 7.15. The van der Waals surface area contributed by atoms with Crippen molar-refractivity contribution in [3.63, 3.8) is 0 Å². The van der Waals surface area contributed by atoms with Gasteiger partial charge in [-0.15, -0.1) is 0 Å². The van der Waals surface area contributed by atoms with E-state index in [1.165, 1.54) is 0 Å². The molecule has 0 aliphatic rings. The molecule has 2 heterocycles. The summed E-state index contributed by atoms with van der Waals surface area (Å²) in [5.41, 5.74) is 0. The smallest absolute Gasteiger partial charge is 0.231 e. The van der Waals surface area contributed by atoms with Crippen LogP contribution in [0.3, 0.4) is 0 Å². The van der Waals surface area contributed by atoms with Gasteiger partial charge in [-0.1, -0.05) is 19.0 Å². The van der Waals surface area contributed by atoms with Gasteiger partial charge >= 0.3 is 0 Å². The van der Waals surface area contributed by atoms with Gasteiger partial charge in [-0.05, 0) is 20.3 Å². The number of aromatic nitrogens is 5. The van der Waals surface area contributed by atoms with Crippen LogP contribution in [0.2, 0.25) is 0 Å². The monoisotopic (exact) mass is 249 g/mol. The lowest BCUT2D eigenvalue weighted by atomic mass is 10.2. The molecule has 2 aromatic rings. The second-order valence-corrected chi connectivity index (χ2v) is 4.59. The van der Waals surface area contributed by atoms with Gasteiger partial charge in [0.25, 0.3) is 0 Å². The van der Waals surface area contributed by atoms with Crippen molar-refractivity contribution >= 4 is 0 Å². The highest BCUT2D eigenvalue weighted by atomic mass is 16.5. The molecule has 0 amide bonds. The lowest BCUT2D eigenvalue weighted by Gasteiger charge is -2.07. The van der Waals surface area contributed by atoms with Crippen LogP contribution in [-0.2, 0) is 13.0 Å². The van der Waals surface area contributed by atoms with Crippen LogP contribution >= 0.6 is 0 Å². The van der Waals surface area contributed by atoms with Gasteiger partial charge in [0.15, 0.2) is 5.82 Å². The summed E-state index contributed by atoms with van der Waals surface area (Å²) in [7, 11) is 0. The molecule has 2 aromatic heterocycles. The van der Waals surface area contributed by atoms with Crippen LogP contribution in [0.15, 0.2) is 4.52 Å². The Balaban J connectivity index is 2.06. The van der Waals surface area contributed by atoms with Crippen LogP contribution in [-0.4, -0.2) is 24.9 Å².